The van der Waals surface area contributed by atoms with E-state index in [9.17, 15) is 13.2 Å². The van der Waals surface area contributed by atoms with Gasteiger partial charge in [-0.3, -0.25) is 4.79 Å². The van der Waals surface area contributed by atoms with Gasteiger partial charge in [-0.25, -0.2) is 13.4 Å². The Labute approximate surface area is 141 Å². The van der Waals surface area contributed by atoms with Crippen molar-refractivity contribution >= 4 is 21.4 Å². The number of nitrogens with one attached hydrogen (secondary N) is 1. The number of amides is 1. The highest BCUT2D eigenvalue weighted by Crippen LogP contribution is 2.25. The Kier molecular flexibility index (Phi) is 4.71. The highest BCUT2D eigenvalue weighted by molar-refractivity contribution is 7.92. The van der Waals surface area contributed by atoms with E-state index in [-0.39, 0.29) is 5.25 Å². The number of rotatable bonds is 5. The zero-order valence-corrected chi connectivity index (χ0v) is 14.3. The van der Waals surface area contributed by atoms with E-state index in [1.807, 2.05) is 0 Å². The van der Waals surface area contributed by atoms with Crippen LogP contribution in [0.1, 0.15) is 31.6 Å². The molecule has 1 aliphatic rings. The molecule has 7 heteroatoms. The van der Waals surface area contributed by atoms with Crippen molar-refractivity contribution in [3.8, 4) is 11.3 Å². The third-order valence-electron chi connectivity index (χ3n) is 4.22. The number of carbonyl (C=O) groups is 1. The molecule has 1 aliphatic carbocycles. The van der Waals surface area contributed by atoms with Gasteiger partial charge in [-0.05, 0) is 37.1 Å². The fraction of sp³-hybridized carbons (Fsp3) is 0.412. The smallest absolute Gasteiger partial charge is 0.239 e. The molecular weight excluding hydrogens is 328 g/mol. The maximum absolute atomic E-state index is 12.2. The second-order valence-corrected chi connectivity index (χ2v) is 8.36. The maximum Gasteiger partial charge on any atom is 0.239 e. The first-order chi connectivity index (χ1) is 11.4. The Morgan fingerprint density at radius 2 is 1.92 bits per heavy atom. The number of hydrogen-bond donors (Lipinski definition) is 1. The van der Waals surface area contributed by atoms with Gasteiger partial charge in [0.2, 0.25) is 5.91 Å². The van der Waals surface area contributed by atoms with Gasteiger partial charge in [0.1, 0.15) is 5.75 Å². The van der Waals surface area contributed by atoms with E-state index in [1.54, 1.807) is 37.4 Å². The van der Waals surface area contributed by atoms with Crippen molar-refractivity contribution in [2.24, 2.45) is 0 Å². The number of nitrogens with zero attached hydrogens (tertiary/aromatic N) is 1. The number of aryl methyl sites for hydroxylation is 1. The van der Waals surface area contributed by atoms with Crippen LogP contribution in [0.5, 0.6) is 0 Å². The summed E-state index contributed by atoms with van der Waals surface area (Å²) in [4.78, 5) is 16.1. The quantitative estimate of drug-likeness (QED) is 0.897. The second-order valence-electron chi connectivity index (χ2n) is 6.08. The van der Waals surface area contributed by atoms with Crippen LogP contribution < -0.4 is 5.32 Å². The first kappa shape index (κ1) is 16.7. The van der Waals surface area contributed by atoms with Crippen LogP contribution in [0.3, 0.4) is 0 Å². The molecule has 1 heterocycles. The van der Waals surface area contributed by atoms with Crippen molar-refractivity contribution < 1.29 is 17.6 Å². The van der Waals surface area contributed by atoms with Crippen LogP contribution in [0.4, 0.5) is 5.69 Å². The van der Waals surface area contributed by atoms with E-state index >= 15 is 0 Å². The molecule has 24 heavy (non-hydrogen) atoms. The summed E-state index contributed by atoms with van der Waals surface area (Å²) in [5, 5.41) is 2.28. The minimum Gasteiger partial charge on any atom is -0.441 e. The summed E-state index contributed by atoms with van der Waals surface area (Å²) >= 11 is 0. The van der Waals surface area contributed by atoms with Crippen molar-refractivity contribution in [3.05, 3.63) is 36.4 Å². The molecule has 1 N–H and O–H groups in total. The van der Waals surface area contributed by atoms with Crippen LogP contribution >= 0.6 is 0 Å². The summed E-state index contributed by atoms with van der Waals surface area (Å²) in [6.07, 6.45) is 4.82. The van der Waals surface area contributed by atoms with Crippen LogP contribution in [-0.4, -0.2) is 30.3 Å². The lowest BCUT2D eigenvalue weighted by Crippen LogP contribution is -2.29. The molecule has 0 bridgehead atoms. The molecule has 1 amide bonds. The average Bonchev–Trinajstić information content (AvgIpc) is 3.19. The molecule has 0 saturated heterocycles. The van der Waals surface area contributed by atoms with Crippen molar-refractivity contribution in [1.29, 1.82) is 0 Å². The molecular formula is C17H20N2O4S. The Morgan fingerprint density at radius 1 is 1.25 bits per heavy atom. The van der Waals surface area contributed by atoms with Gasteiger partial charge in [0.25, 0.3) is 0 Å². The molecule has 0 aliphatic heterocycles. The fourth-order valence-corrected chi connectivity index (χ4v) is 4.68. The lowest BCUT2D eigenvalue weighted by Gasteiger charge is -2.11. The van der Waals surface area contributed by atoms with E-state index in [2.05, 4.69) is 10.3 Å². The molecule has 1 aromatic carbocycles. The summed E-state index contributed by atoms with van der Waals surface area (Å²) < 4.78 is 29.8. The normalized spacial score (nSPS) is 15.5. The number of sulfone groups is 1. The lowest BCUT2D eigenvalue weighted by molar-refractivity contribution is -0.113. The standard InChI is InChI=1S/C17H20N2O4S/c1-12-18-10-16(23-12)13-6-8-14(9-7-13)19-17(20)11-24(21,22)15-4-2-3-5-15/h6-10,15H,2-5,11H2,1H3,(H,19,20). The molecule has 0 spiro atoms. The van der Waals surface area contributed by atoms with E-state index in [4.69, 9.17) is 4.42 Å². The molecule has 1 fully saturated rings. The maximum atomic E-state index is 12.2. The number of benzene rings is 1. The second kappa shape index (κ2) is 6.76. The Bertz CT molecular complexity index is 819. The Morgan fingerprint density at radius 3 is 2.50 bits per heavy atom. The van der Waals surface area contributed by atoms with E-state index in [0.717, 1.165) is 18.4 Å². The van der Waals surface area contributed by atoms with Gasteiger partial charge in [-0.1, -0.05) is 12.8 Å². The van der Waals surface area contributed by atoms with E-state index < -0.39 is 21.5 Å². The predicted octanol–water partition coefficient (Wildman–Crippen LogP) is 2.95. The third kappa shape index (κ3) is 3.84. The van der Waals surface area contributed by atoms with Gasteiger partial charge in [-0.2, -0.15) is 0 Å². The van der Waals surface area contributed by atoms with Gasteiger partial charge in [-0.15, -0.1) is 0 Å². The molecule has 3 rings (SSSR count). The van der Waals surface area contributed by atoms with Crippen molar-refractivity contribution in [3.63, 3.8) is 0 Å². The first-order valence-corrected chi connectivity index (χ1v) is 9.70. The van der Waals surface area contributed by atoms with Crippen molar-refractivity contribution in [2.45, 2.75) is 37.9 Å². The molecule has 1 aromatic heterocycles. The number of oxazole rings is 1. The minimum absolute atomic E-state index is 0.361. The van der Waals surface area contributed by atoms with Crippen LogP contribution in [0.25, 0.3) is 11.3 Å². The molecule has 0 unspecified atom stereocenters. The van der Waals surface area contributed by atoms with Crippen LogP contribution in [-0.2, 0) is 14.6 Å². The average molecular weight is 348 g/mol. The summed E-state index contributed by atoms with van der Waals surface area (Å²) in [6, 6.07) is 7.02. The van der Waals surface area contributed by atoms with Crippen molar-refractivity contribution in [1.82, 2.24) is 4.98 Å². The SMILES string of the molecule is Cc1ncc(-c2ccc(NC(=O)CS(=O)(=O)C3CCCC3)cc2)o1. The Hall–Kier alpha value is -2.15. The van der Waals surface area contributed by atoms with Crippen LogP contribution in [0, 0.1) is 6.92 Å². The third-order valence-corrected chi connectivity index (χ3v) is 6.37. The van der Waals surface area contributed by atoms with Gasteiger partial charge in [0.05, 0.1) is 11.4 Å². The molecule has 6 nitrogen and oxygen atoms in total. The zero-order valence-electron chi connectivity index (χ0n) is 13.5. The first-order valence-electron chi connectivity index (χ1n) is 7.98. The minimum atomic E-state index is -3.36. The molecule has 128 valence electrons. The summed E-state index contributed by atoms with van der Waals surface area (Å²) in [6.45, 7) is 1.77. The van der Waals surface area contributed by atoms with Crippen LogP contribution in [0.2, 0.25) is 0 Å². The zero-order chi connectivity index (χ0) is 17.2. The fourth-order valence-electron chi connectivity index (χ4n) is 2.96. The highest BCUT2D eigenvalue weighted by Gasteiger charge is 2.30. The van der Waals surface area contributed by atoms with Gasteiger partial charge >= 0.3 is 0 Å². The lowest BCUT2D eigenvalue weighted by atomic mass is 10.2. The summed E-state index contributed by atoms with van der Waals surface area (Å²) in [7, 11) is -3.36. The topological polar surface area (TPSA) is 89.3 Å². The summed E-state index contributed by atoms with van der Waals surface area (Å²) in [5.41, 5.74) is 1.40. The van der Waals surface area contributed by atoms with Gasteiger partial charge in [0.15, 0.2) is 21.5 Å². The molecule has 1 saturated carbocycles. The highest BCUT2D eigenvalue weighted by atomic mass is 32.2. The summed E-state index contributed by atoms with van der Waals surface area (Å²) in [5.74, 6) is 0.277. The molecule has 2 aromatic rings. The number of carbonyl (C=O) groups excluding carboxylic acids is 1. The molecule has 0 atom stereocenters. The van der Waals surface area contributed by atoms with E-state index in [0.29, 0.717) is 30.2 Å². The Balaban J connectivity index is 1.62. The number of hydrogen-bond acceptors (Lipinski definition) is 5. The van der Waals surface area contributed by atoms with Crippen molar-refractivity contribution in [2.75, 3.05) is 11.1 Å². The van der Waals surface area contributed by atoms with Gasteiger partial charge < -0.3 is 9.73 Å². The predicted molar refractivity (Wildman–Crippen MR) is 91.3 cm³/mol. The molecule has 0 radical (unpaired) electrons. The van der Waals surface area contributed by atoms with Crippen LogP contribution in [0.15, 0.2) is 34.9 Å². The monoisotopic (exact) mass is 348 g/mol. The largest absolute Gasteiger partial charge is 0.441 e. The number of anilines is 1. The van der Waals surface area contributed by atoms with E-state index in [1.165, 1.54) is 0 Å². The van der Waals surface area contributed by atoms with Gasteiger partial charge in [0, 0.05) is 18.2 Å². The number of aromatic nitrogens is 1.